The van der Waals surface area contributed by atoms with Crippen molar-refractivity contribution in [3.63, 3.8) is 0 Å². The van der Waals surface area contributed by atoms with Gasteiger partial charge in [0.1, 0.15) is 0 Å². The van der Waals surface area contributed by atoms with Crippen LogP contribution in [-0.4, -0.2) is 61.3 Å². The van der Waals surface area contributed by atoms with Gasteiger partial charge in [0.25, 0.3) is 0 Å². The minimum Gasteiger partial charge on any atom is -0.375 e. The summed E-state index contributed by atoms with van der Waals surface area (Å²) in [4.78, 5) is 2.25. The Bertz CT molecular complexity index is 822. The van der Waals surface area contributed by atoms with Gasteiger partial charge in [0.15, 0.2) is 0 Å². The van der Waals surface area contributed by atoms with E-state index < -0.39 is 21.8 Å². The molecule has 30 heavy (non-hydrogen) atoms. The number of likely N-dealkylation sites (tertiary alicyclic amines) is 1. The second-order valence-corrected chi connectivity index (χ2v) is 10.8. The van der Waals surface area contributed by atoms with Gasteiger partial charge in [-0.25, -0.2) is 8.42 Å². The Morgan fingerprint density at radius 3 is 2.03 bits per heavy atom. The monoisotopic (exact) mass is 446 g/mol. The van der Waals surface area contributed by atoms with Crippen LogP contribution >= 0.6 is 0 Å². The quantitative estimate of drug-likeness (QED) is 0.693. The molecule has 1 aromatic rings. The number of hydrogen-bond donors (Lipinski definition) is 0. The molecule has 0 aromatic heterocycles. The molecule has 5 nitrogen and oxygen atoms in total. The number of halogens is 3. The number of ether oxygens (including phenoxy) is 1. The maximum atomic E-state index is 12.7. The van der Waals surface area contributed by atoms with E-state index in [0.29, 0.717) is 6.54 Å². The summed E-state index contributed by atoms with van der Waals surface area (Å²) in [7, 11) is -3.16. The molecule has 0 radical (unpaired) electrons. The molecule has 3 aliphatic rings. The lowest BCUT2D eigenvalue weighted by Gasteiger charge is -2.40. The van der Waals surface area contributed by atoms with E-state index in [-0.39, 0.29) is 24.3 Å². The van der Waals surface area contributed by atoms with E-state index in [2.05, 4.69) is 4.90 Å². The highest BCUT2D eigenvalue weighted by Crippen LogP contribution is 2.39. The molecular formula is C21H29F3N2O3S. The van der Waals surface area contributed by atoms with Crippen molar-refractivity contribution >= 4 is 10.0 Å². The van der Waals surface area contributed by atoms with E-state index in [9.17, 15) is 21.6 Å². The average Bonchev–Trinajstić information content (AvgIpc) is 2.95. The maximum absolute atomic E-state index is 12.7. The third kappa shape index (κ3) is 5.00. The highest BCUT2D eigenvalue weighted by Gasteiger charge is 2.46. The Morgan fingerprint density at radius 2 is 1.53 bits per heavy atom. The first-order valence-electron chi connectivity index (χ1n) is 10.6. The summed E-state index contributed by atoms with van der Waals surface area (Å²) in [5.74, 6) is 0. The average molecular weight is 447 g/mol. The molecule has 1 aromatic carbocycles. The van der Waals surface area contributed by atoms with Crippen molar-refractivity contribution in [3.05, 3.63) is 35.4 Å². The Morgan fingerprint density at radius 1 is 0.967 bits per heavy atom. The topological polar surface area (TPSA) is 49.9 Å². The van der Waals surface area contributed by atoms with Crippen molar-refractivity contribution in [3.8, 4) is 0 Å². The molecule has 0 N–H and O–H groups in total. The normalized spacial score (nSPS) is 29.4. The second-order valence-electron chi connectivity index (χ2n) is 8.88. The van der Waals surface area contributed by atoms with E-state index in [0.717, 1.165) is 69.3 Å². The van der Waals surface area contributed by atoms with E-state index in [1.54, 1.807) is 16.4 Å². The lowest BCUT2D eigenvalue weighted by Crippen LogP contribution is -2.49. The van der Waals surface area contributed by atoms with Crippen molar-refractivity contribution in [2.45, 2.75) is 75.5 Å². The molecule has 0 amide bonds. The Balaban J connectivity index is 1.24. The molecule has 3 heterocycles. The minimum absolute atomic E-state index is 0.0727. The molecule has 0 aliphatic carbocycles. The molecule has 3 fully saturated rings. The van der Waals surface area contributed by atoms with Crippen LogP contribution in [0.15, 0.2) is 24.3 Å². The van der Waals surface area contributed by atoms with Gasteiger partial charge in [-0.05, 0) is 56.2 Å². The van der Waals surface area contributed by atoms with Crippen LogP contribution in [0.1, 0.15) is 49.7 Å². The summed E-state index contributed by atoms with van der Waals surface area (Å²) in [5.41, 5.74) is 0.265. The lowest BCUT2D eigenvalue weighted by atomic mass is 10.0. The van der Waals surface area contributed by atoms with Crippen LogP contribution in [0.5, 0.6) is 0 Å². The third-order valence-electron chi connectivity index (χ3n) is 6.61. The number of piperidine rings is 2. The zero-order valence-corrected chi connectivity index (χ0v) is 18.0. The highest BCUT2D eigenvalue weighted by atomic mass is 32.2. The van der Waals surface area contributed by atoms with Gasteiger partial charge in [-0.3, -0.25) is 4.90 Å². The van der Waals surface area contributed by atoms with Gasteiger partial charge in [0, 0.05) is 31.7 Å². The van der Waals surface area contributed by atoms with Crippen molar-refractivity contribution in [1.29, 1.82) is 0 Å². The van der Waals surface area contributed by atoms with E-state index in [1.165, 1.54) is 6.26 Å². The molecule has 3 aliphatic heterocycles. The summed E-state index contributed by atoms with van der Waals surface area (Å²) in [6.07, 6.45) is 2.45. The molecule has 3 saturated heterocycles. The molecular weight excluding hydrogens is 417 g/mol. The Labute approximate surface area is 176 Å². The standard InChI is InChI=1S/C21H29F3N2O3S/c1-30(27,28)26-17-6-7-18(26)13-20(12-17)29-19-8-10-25(11-9-19)14-15-2-4-16(5-3-15)21(22,23)24/h2-5,17-20H,6-14H2,1H3/t17-,18+,20?. The van der Waals surface area contributed by atoms with Gasteiger partial charge in [-0.1, -0.05) is 12.1 Å². The molecule has 0 spiro atoms. The largest absolute Gasteiger partial charge is 0.416 e. The fraction of sp³-hybridized carbons (Fsp3) is 0.714. The van der Waals surface area contributed by atoms with Crippen molar-refractivity contribution in [2.24, 2.45) is 0 Å². The number of nitrogens with zero attached hydrogens (tertiary/aromatic N) is 2. The van der Waals surface area contributed by atoms with Crippen LogP contribution in [-0.2, 0) is 27.5 Å². The van der Waals surface area contributed by atoms with Crippen LogP contribution in [0, 0.1) is 0 Å². The highest BCUT2D eigenvalue weighted by molar-refractivity contribution is 7.88. The van der Waals surface area contributed by atoms with Gasteiger partial charge >= 0.3 is 6.18 Å². The van der Waals surface area contributed by atoms with E-state index in [1.807, 2.05) is 0 Å². The molecule has 2 bridgehead atoms. The fourth-order valence-electron chi connectivity index (χ4n) is 5.27. The van der Waals surface area contributed by atoms with Crippen LogP contribution in [0.2, 0.25) is 0 Å². The zero-order chi connectivity index (χ0) is 21.5. The number of rotatable bonds is 5. The maximum Gasteiger partial charge on any atom is 0.416 e. The van der Waals surface area contributed by atoms with Crippen molar-refractivity contribution in [2.75, 3.05) is 19.3 Å². The molecule has 9 heteroatoms. The second kappa shape index (κ2) is 8.41. The Kier molecular flexibility index (Phi) is 6.18. The number of hydrogen-bond acceptors (Lipinski definition) is 4. The van der Waals surface area contributed by atoms with Crippen LogP contribution in [0.3, 0.4) is 0 Å². The number of benzene rings is 1. The molecule has 3 atom stereocenters. The molecule has 168 valence electrons. The predicted molar refractivity (Wildman–Crippen MR) is 107 cm³/mol. The summed E-state index contributed by atoms with van der Waals surface area (Å²) in [5, 5.41) is 0. The van der Waals surface area contributed by atoms with Gasteiger partial charge < -0.3 is 4.74 Å². The van der Waals surface area contributed by atoms with Gasteiger partial charge in [-0.15, -0.1) is 0 Å². The minimum atomic E-state index is -4.30. The van der Waals surface area contributed by atoms with Gasteiger partial charge in [0.2, 0.25) is 10.0 Å². The first-order chi connectivity index (χ1) is 14.1. The summed E-state index contributed by atoms with van der Waals surface area (Å²) >= 11 is 0. The third-order valence-corrected chi connectivity index (χ3v) is 7.97. The number of alkyl halides is 3. The van der Waals surface area contributed by atoms with Gasteiger partial charge in [0.05, 0.1) is 24.0 Å². The van der Waals surface area contributed by atoms with Gasteiger partial charge in [-0.2, -0.15) is 17.5 Å². The first-order valence-corrected chi connectivity index (χ1v) is 12.5. The summed E-state index contributed by atoms with van der Waals surface area (Å²) in [6.45, 7) is 2.34. The van der Waals surface area contributed by atoms with Crippen LogP contribution < -0.4 is 0 Å². The smallest absolute Gasteiger partial charge is 0.375 e. The van der Waals surface area contributed by atoms with Crippen LogP contribution in [0.4, 0.5) is 13.2 Å². The SMILES string of the molecule is CS(=O)(=O)N1[C@@H]2CC[C@H]1CC(OC1CCN(Cc3ccc(C(F)(F)F)cc3)CC1)C2. The van der Waals surface area contributed by atoms with E-state index >= 15 is 0 Å². The summed E-state index contributed by atoms with van der Waals surface area (Å²) < 4.78 is 70.2. The van der Waals surface area contributed by atoms with Crippen LogP contribution in [0.25, 0.3) is 0 Å². The Hall–Kier alpha value is -1.16. The first kappa shape index (κ1) is 22.0. The molecule has 4 rings (SSSR count). The molecule has 0 saturated carbocycles. The fourth-order valence-corrected chi connectivity index (χ4v) is 6.74. The lowest BCUT2D eigenvalue weighted by molar-refractivity contribution is -0.137. The van der Waals surface area contributed by atoms with Crippen molar-refractivity contribution < 1.29 is 26.3 Å². The summed E-state index contributed by atoms with van der Waals surface area (Å²) in [6, 6.07) is 5.53. The number of fused-ring (bicyclic) bond motifs is 2. The molecule has 1 unspecified atom stereocenters. The van der Waals surface area contributed by atoms with E-state index in [4.69, 9.17) is 4.74 Å². The number of sulfonamides is 1. The predicted octanol–water partition coefficient (Wildman–Crippen LogP) is 3.64. The zero-order valence-electron chi connectivity index (χ0n) is 17.1. The van der Waals surface area contributed by atoms with Crippen molar-refractivity contribution in [1.82, 2.24) is 9.21 Å².